The van der Waals surface area contributed by atoms with Crippen molar-refractivity contribution in [2.45, 2.75) is 66.8 Å². The quantitative estimate of drug-likeness (QED) is 0.751. The number of hydrogen-bond donors (Lipinski definition) is 0. The Labute approximate surface area is 141 Å². The van der Waals surface area contributed by atoms with E-state index >= 15 is 0 Å². The maximum Gasteiger partial charge on any atom is 0.0837 e. The fourth-order valence-electron chi connectivity index (χ4n) is 3.10. The predicted molar refractivity (Wildman–Crippen MR) is 96.5 cm³/mol. The van der Waals surface area contributed by atoms with E-state index in [1.807, 2.05) is 6.20 Å². The molecule has 1 unspecified atom stereocenters. The first-order valence-electron chi connectivity index (χ1n) is 8.62. The van der Waals surface area contributed by atoms with E-state index in [2.05, 4.69) is 86.9 Å². The topological polar surface area (TPSA) is 30.7 Å². The van der Waals surface area contributed by atoms with Gasteiger partial charge >= 0.3 is 0 Å². The first-order valence-corrected chi connectivity index (χ1v) is 8.62. The summed E-state index contributed by atoms with van der Waals surface area (Å²) in [6.07, 6.45) is 5.35. The molecule has 0 saturated heterocycles. The van der Waals surface area contributed by atoms with Gasteiger partial charge in [-0.15, -0.1) is 5.10 Å². The number of aryl methyl sites for hydroxylation is 1. The third-order valence-electron chi connectivity index (χ3n) is 4.19. The predicted octanol–water partition coefficient (Wildman–Crippen LogP) is 5.28. The van der Waals surface area contributed by atoms with E-state index in [0.29, 0.717) is 5.41 Å². The van der Waals surface area contributed by atoms with Gasteiger partial charge in [-0.1, -0.05) is 77.1 Å². The summed E-state index contributed by atoms with van der Waals surface area (Å²) in [5.74, 6) is 0. The van der Waals surface area contributed by atoms with Crippen LogP contribution in [-0.4, -0.2) is 15.0 Å². The van der Waals surface area contributed by atoms with Gasteiger partial charge in [0.25, 0.3) is 0 Å². The lowest BCUT2D eigenvalue weighted by atomic mass is 9.82. The molecule has 0 radical (unpaired) electrons. The van der Waals surface area contributed by atoms with Crippen molar-refractivity contribution in [2.24, 2.45) is 10.8 Å². The molecule has 0 aliphatic carbocycles. The highest BCUT2D eigenvalue weighted by Crippen LogP contribution is 2.36. The smallest absolute Gasteiger partial charge is 0.0837 e. The van der Waals surface area contributed by atoms with E-state index in [1.54, 1.807) is 0 Å². The summed E-state index contributed by atoms with van der Waals surface area (Å²) in [7, 11) is 0. The highest BCUT2D eigenvalue weighted by Gasteiger charge is 2.30. The minimum Gasteiger partial charge on any atom is -0.241 e. The van der Waals surface area contributed by atoms with Crippen molar-refractivity contribution in [3.8, 4) is 0 Å². The van der Waals surface area contributed by atoms with E-state index in [0.717, 1.165) is 6.42 Å². The zero-order valence-corrected chi connectivity index (χ0v) is 15.5. The number of rotatable bonds is 5. The molecule has 0 N–H and O–H groups in total. The second-order valence-electron chi connectivity index (χ2n) is 8.76. The molecule has 0 bridgehead atoms. The number of aromatic nitrogens is 3. The van der Waals surface area contributed by atoms with Crippen molar-refractivity contribution in [3.05, 3.63) is 47.8 Å². The molecule has 2 rings (SSSR count). The van der Waals surface area contributed by atoms with Crippen LogP contribution < -0.4 is 0 Å². The molecule has 1 heterocycles. The third kappa shape index (κ3) is 4.92. The maximum atomic E-state index is 4.44. The highest BCUT2D eigenvalue weighted by molar-refractivity contribution is 5.22. The van der Waals surface area contributed by atoms with Gasteiger partial charge in [0, 0.05) is 0 Å². The third-order valence-corrected chi connectivity index (χ3v) is 4.19. The Morgan fingerprint density at radius 2 is 1.65 bits per heavy atom. The van der Waals surface area contributed by atoms with Crippen molar-refractivity contribution in [3.63, 3.8) is 0 Å². The van der Waals surface area contributed by atoms with E-state index in [1.165, 1.54) is 24.1 Å². The highest BCUT2D eigenvalue weighted by atomic mass is 15.4. The molecule has 0 amide bonds. The number of nitrogens with zero attached hydrogens (tertiary/aromatic N) is 3. The van der Waals surface area contributed by atoms with Gasteiger partial charge in [0.15, 0.2) is 0 Å². The Hall–Kier alpha value is -1.64. The summed E-state index contributed by atoms with van der Waals surface area (Å²) in [6, 6.07) is 10.9. The Kier molecular flexibility index (Phi) is 5.28. The number of benzene rings is 1. The van der Waals surface area contributed by atoms with Gasteiger partial charge in [0.2, 0.25) is 0 Å². The summed E-state index contributed by atoms with van der Waals surface area (Å²) in [6.45, 7) is 13.7. The standard InChI is InChI=1S/C20H31N3/c1-19(2,3)14-10-13-17-15-21-22-23(17)18(20(4,5)6)16-11-8-7-9-12-16/h7-9,11-12,15,18H,10,13-14H2,1-6H3. The van der Waals surface area contributed by atoms with Gasteiger partial charge in [-0.05, 0) is 35.7 Å². The van der Waals surface area contributed by atoms with Crippen LogP contribution in [0.15, 0.2) is 36.5 Å². The van der Waals surface area contributed by atoms with Gasteiger partial charge < -0.3 is 0 Å². The molecule has 3 nitrogen and oxygen atoms in total. The lowest BCUT2D eigenvalue weighted by molar-refractivity contribution is 0.255. The Balaban J connectivity index is 2.26. The molecule has 3 heteroatoms. The summed E-state index contributed by atoms with van der Waals surface area (Å²) in [4.78, 5) is 0. The van der Waals surface area contributed by atoms with Crippen LogP contribution in [-0.2, 0) is 6.42 Å². The van der Waals surface area contributed by atoms with Crippen LogP contribution in [0.25, 0.3) is 0 Å². The van der Waals surface area contributed by atoms with E-state index < -0.39 is 0 Å². The van der Waals surface area contributed by atoms with Crippen molar-refractivity contribution >= 4 is 0 Å². The van der Waals surface area contributed by atoms with Crippen molar-refractivity contribution in [1.29, 1.82) is 0 Å². The first kappa shape index (κ1) is 17.7. The zero-order valence-electron chi connectivity index (χ0n) is 15.5. The summed E-state index contributed by atoms with van der Waals surface area (Å²) >= 11 is 0. The van der Waals surface area contributed by atoms with Crippen molar-refractivity contribution in [2.75, 3.05) is 0 Å². The fourth-order valence-corrected chi connectivity index (χ4v) is 3.10. The van der Waals surface area contributed by atoms with Crippen LogP contribution in [0.4, 0.5) is 0 Å². The van der Waals surface area contributed by atoms with Crippen LogP contribution in [0.1, 0.15) is 71.7 Å². The molecular weight excluding hydrogens is 282 g/mol. The van der Waals surface area contributed by atoms with Crippen LogP contribution in [0.3, 0.4) is 0 Å². The largest absolute Gasteiger partial charge is 0.241 e. The fraction of sp³-hybridized carbons (Fsp3) is 0.600. The van der Waals surface area contributed by atoms with E-state index in [9.17, 15) is 0 Å². The second kappa shape index (κ2) is 6.86. The lowest BCUT2D eigenvalue weighted by Gasteiger charge is -2.32. The average molecular weight is 313 g/mol. The van der Waals surface area contributed by atoms with Crippen molar-refractivity contribution in [1.82, 2.24) is 15.0 Å². The van der Waals surface area contributed by atoms with Crippen LogP contribution in [0.2, 0.25) is 0 Å². The Bertz CT molecular complexity index is 600. The normalized spacial score (nSPS) is 14.0. The molecule has 1 atom stereocenters. The molecule has 1 aromatic carbocycles. The molecule has 23 heavy (non-hydrogen) atoms. The van der Waals surface area contributed by atoms with Crippen LogP contribution in [0, 0.1) is 10.8 Å². The molecule has 0 saturated carbocycles. The number of hydrogen-bond acceptors (Lipinski definition) is 2. The van der Waals surface area contributed by atoms with Crippen molar-refractivity contribution < 1.29 is 0 Å². The summed E-state index contributed by atoms with van der Waals surface area (Å²) < 4.78 is 2.14. The minimum absolute atomic E-state index is 0.0772. The summed E-state index contributed by atoms with van der Waals surface area (Å²) in [5, 5.41) is 8.65. The summed E-state index contributed by atoms with van der Waals surface area (Å²) in [5.41, 5.74) is 2.98. The van der Waals surface area contributed by atoms with Gasteiger partial charge in [-0.25, -0.2) is 4.68 Å². The van der Waals surface area contributed by atoms with Gasteiger partial charge in [-0.3, -0.25) is 0 Å². The van der Waals surface area contributed by atoms with E-state index in [4.69, 9.17) is 0 Å². The van der Waals surface area contributed by atoms with Crippen LogP contribution in [0.5, 0.6) is 0 Å². The average Bonchev–Trinajstić information content (AvgIpc) is 2.85. The van der Waals surface area contributed by atoms with Gasteiger partial charge in [-0.2, -0.15) is 0 Å². The van der Waals surface area contributed by atoms with Crippen LogP contribution >= 0.6 is 0 Å². The molecule has 1 aromatic heterocycles. The second-order valence-corrected chi connectivity index (χ2v) is 8.76. The van der Waals surface area contributed by atoms with Gasteiger partial charge in [0.1, 0.15) is 0 Å². The Morgan fingerprint density at radius 3 is 2.22 bits per heavy atom. The zero-order chi connectivity index (χ0) is 17.1. The van der Waals surface area contributed by atoms with Gasteiger partial charge in [0.05, 0.1) is 17.9 Å². The molecule has 2 aromatic rings. The monoisotopic (exact) mass is 313 g/mol. The molecule has 0 fully saturated rings. The SMILES string of the molecule is CC(C)(C)CCCc1cnnn1C(c1ccccc1)C(C)(C)C. The molecule has 126 valence electrons. The molecule has 0 aliphatic rings. The van der Waals surface area contributed by atoms with E-state index in [-0.39, 0.29) is 11.5 Å². The first-order chi connectivity index (χ1) is 10.7. The molecule has 0 aliphatic heterocycles. The Morgan fingerprint density at radius 1 is 1.00 bits per heavy atom. The molecule has 0 spiro atoms. The molecular formula is C20H31N3. The minimum atomic E-state index is 0.0772. The maximum absolute atomic E-state index is 4.44. The lowest BCUT2D eigenvalue weighted by Crippen LogP contribution is -2.28.